The van der Waals surface area contributed by atoms with Crippen LogP contribution in [0.15, 0.2) is 72.8 Å². The van der Waals surface area contributed by atoms with Crippen molar-refractivity contribution < 1.29 is 14.0 Å². The highest BCUT2D eigenvalue weighted by Gasteiger charge is 2.40. The van der Waals surface area contributed by atoms with Crippen LogP contribution in [0, 0.1) is 30.5 Å². The van der Waals surface area contributed by atoms with Gasteiger partial charge in [0.15, 0.2) is 0 Å². The Bertz CT molecular complexity index is 1490. The minimum Gasteiger partial charge on any atom is -0.332 e. The van der Waals surface area contributed by atoms with E-state index < -0.39 is 0 Å². The molecule has 194 valence electrons. The van der Waals surface area contributed by atoms with Gasteiger partial charge in [0.25, 0.3) is 5.91 Å². The van der Waals surface area contributed by atoms with Gasteiger partial charge in [-0.3, -0.25) is 9.59 Å². The molecule has 3 aromatic carbocycles. The van der Waals surface area contributed by atoms with Gasteiger partial charge in [0, 0.05) is 34.3 Å². The van der Waals surface area contributed by atoms with E-state index >= 15 is 0 Å². The van der Waals surface area contributed by atoms with Crippen LogP contribution in [0.2, 0.25) is 0 Å². The number of hydrogen-bond donors (Lipinski definition) is 2. The Hall–Kier alpha value is -3.93. The van der Waals surface area contributed by atoms with E-state index in [0.717, 1.165) is 22.4 Å². The number of aromatic nitrogens is 1. The van der Waals surface area contributed by atoms with Gasteiger partial charge in [-0.1, -0.05) is 36.8 Å². The van der Waals surface area contributed by atoms with Crippen LogP contribution < -0.4 is 10.6 Å². The smallest absolute Gasteiger partial charge is 0.272 e. The van der Waals surface area contributed by atoms with E-state index in [1.54, 1.807) is 6.07 Å². The van der Waals surface area contributed by atoms with E-state index in [2.05, 4.69) is 10.6 Å². The first-order valence-corrected chi connectivity index (χ1v) is 13.5. The molecular formula is C32H32FN3O2. The van der Waals surface area contributed by atoms with Crippen LogP contribution >= 0.6 is 0 Å². The normalized spacial score (nSPS) is 20.1. The van der Waals surface area contributed by atoms with Crippen LogP contribution in [0.1, 0.15) is 53.7 Å². The monoisotopic (exact) mass is 509 g/mol. The standard InChI is InChI=1S/C32H32FN3O2/c1-20-6-5-9-28(33)27(20)19-36-29-13-12-26(34-31(37)18-23-15-21-10-11-22(23)14-21)16-24(29)17-30(36)32(38)35-25-7-3-2-4-8-25/h2-9,12-13,16-17,21-23H,10-11,14-15,18-19H2,1H3,(H,34,37)(H,35,38). The molecule has 1 heterocycles. The van der Waals surface area contributed by atoms with E-state index in [4.69, 9.17) is 0 Å². The molecule has 5 nitrogen and oxygen atoms in total. The van der Waals surface area contributed by atoms with E-state index in [1.807, 2.05) is 72.2 Å². The SMILES string of the molecule is Cc1cccc(F)c1Cn1c(C(=O)Nc2ccccc2)cc2cc(NC(=O)CC3CC4CCC3C4)ccc21. The highest BCUT2D eigenvalue weighted by Crippen LogP contribution is 2.49. The maximum Gasteiger partial charge on any atom is 0.272 e. The second-order valence-electron chi connectivity index (χ2n) is 10.9. The van der Waals surface area contributed by atoms with Crippen molar-refractivity contribution in [3.63, 3.8) is 0 Å². The molecule has 2 bridgehead atoms. The van der Waals surface area contributed by atoms with E-state index in [9.17, 15) is 14.0 Å². The van der Waals surface area contributed by atoms with Gasteiger partial charge in [-0.25, -0.2) is 4.39 Å². The van der Waals surface area contributed by atoms with Gasteiger partial charge in [0.2, 0.25) is 5.91 Å². The van der Waals surface area contributed by atoms with Crippen molar-refractivity contribution in [3.05, 3.63) is 95.4 Å². The van der Waals surface area contributed by atoms with Gasteiger partial charge in [-0.15, -0.1) is 0 Å². The Morgan fingerprint density at radius 3 is 2.50 bits per heavy atom. The number of amides is 2. The first kappa shape index (κ1) is 24.4. The number of carbonyl (C=O) groups is 2. The fourth-order valence-electron chi connectivity index (χ4n) is 6.53. The molecule has 2 N–H and O–H groups in total. The van der Waals surface area contributed by atoms with Crippen molar-refractivity contribution in [1.29, 1.82) is 0 Å². The summed E-state index contributed by atoms with van der Waals surface area (Å²) in [6, 6.07) is 21.8. The van der Waals surface area contributed by atoms with Crippen LogP contribution in [0.25, 0.3) is 10.9 Å². The number of aryl methyl sites for hydroxylation is 1. The lowest BCUT2D eigenvalue weighted by molar-refractivity contribution is -0.117. The Kier molecular flexibility index (Phi) is 6.48. The van der Waals surface area contributed by atoms with E-state index in [1.165, 1.54) is 31.7 Å². The molecule has 2 saturated carbocycles. The molecular weight excluding hydrogens is 477 g/mol. The zero-order chi connectivity index (χ0) is 26.2. The predicted molar refractivity (Wildman–Crippen MR) is 149 cm³/mol. The Morgan fingerprint density at radius 2 is 1.76 bits per heavy atom. The number of carbonyl (C=O) groups excluding carboxylic acids is 2. The van der Waals surface area contributed by atoms with Crippen LogP contribution in [-0.2, 0) is 11.3 Å². The lowest BCUT2D eigenvalue weighted by Crippen LogP contribution is -2.20. The first-order chi connectivity index (χ1) is 18.4. The summed E-state index contributed by atoms with van der Waals surface area (Å²) in [4.78, 5) is 26.2. The molecule has 0 saturated heterocycles. The summed E-state index contributed by atoms with van der Waals surface area (Å²) in [5.41, 5.74) is 3.99. The first-order valence-electron chi connectivity index (χ1n) is 13.5. The molecule has 0 radical (unpaired) electrons. The average molecular weight is 510 g/mol. The van der Waals surface area contributed by atoms with Crippen molar-refractivity contribution in [2.75, 3.05) is 10.6 Å². The zero-order valence-electron chi connectivity index (χ0n) is 21.5. The number of benzene rings is 3. The number of halogens is 1. The third-order valence-corrected chi connectivity index (χ3v) is 8.45. The van der Waals surface area contributed by atoms with Crippen LogP contribution in [-0.4, -0.2) is 16.4 Å². The molecule has 2 aliphatic rings. The molecule has 6 rings (SSSR count). The lowest BCUT2D eigenvalue weighted by Gasteiger charge is -2.20. The quantitative estimate of drug-likeness (QED) is 0.278. The van der Waals surface area contributed by atoms with Crippen molar-refractivity contribution >= 4 is 34.1 Å². The molecule has 2 amide bonds. The summed E-state index contributed by atoms with van der Waals surface area (Å²) in [6.07, 6.45) is 5.61. The Labute approximate surface area is 222 Å². The van der Waals surface area contributed by atoms with Crippen molar-refractivity contribution in [1.82, 2.24) is 4.57 Å². The molecule has 0 aliphatic heterocycles. The van der Waals surface area contributed by atoms with Gasteiger partial charge in [-0.05, 0) is 92.0 Å². The number of rotatable bonds is 7. The molecule has 3 atom stereocenters. The van der Waals surface area contributed by atoms with E-state index in [0.29, 0.717) is 40.9 Å². The summed E-state index contributed by atoms with van der Waals surface area (Å²) in [5, 5.41) is 6.84. The fraction of sp³-hybridized carbons (Fsp3) is 0.312. The number of para-hydroxylation sites is 1. The van der Waals surface area contributed by atoms with Crippen molar-refractivity contribution in [2.24, 2.45) is 17.8 Å². The van der Waals surface area contributed by atoms with Crippen molar-refractivity contribution in [3.8, 4) is 0 Å². The summed E-state index contributed by atoms with van der Waals surface area (Å²) in [6.45, 7) is 2.09. The fourth-order valence-corrected chi connectivity index (χ4v) is 6.53. The average Bonchev–Trinajstić information content (AvgIpc) is 3.61. The minimum atomic E-state index is -0.300. The highest BCUT2D eigenvalue weighted by molar-refractivity contribution is 6.07. The van der Waals surface area contributed by atoms with Crippen LogP contribution in [0.5, 0.6) is 0 Å². The van der Waals surface area contributed by atoms with Gasteiger partial charge < -0.3 is 15.2 Å². The van der Waals surface area contributed by atoms with Gasteiger partial charge in [0.05, 0.1) is 6.54 Å². The number of hydrogen-bond acceptors (Lipinski definition) is 2. The summed E-state index contributed by atoms with van der Waals surface area (Å²) in [7, 11) is 0. The van der Waals surface area contributed by atoms with Crippen molar-refractivity contribution in [2.45, 2.75) is 45.6 Å². The number of fused-ring (bicyclic) bond motifs is 3. The van der Waals surface area contributed by atoms with Crippen LogP contribution in [0.3, 0.4) is 0 Å². The molecule has 38 heavy (non-hydrogen) atoms. The van der Waals surface area contributed by atoms with Crippen LogP contribution in [0.4, 0.5) is 15.8 Å². The summed E-state index contributed by atoms with van der Waals surface area (Å²) >= 11 is 0. The maximum absolute atomic E-state index is 14.8. The lowest BCUT2D eigenvalue weighted by atomic mass is 9.86. The van der Waals surface area contributed by atoms with Gasteiger partial charge >= 0.3 is 0 Å². The van der Waals surface area contributed by atoms with Gasteiger partial charge in [0.1, 0.15) is 11.5 Å². The number of anilines is 2. The third-order valence-electron chi connectivity index (χ3n) is 8.45. The molecule has 3 unspecified atom stereocenters. The Morgan fingerprint density at radius 1 is 0.921 bits per heavy atom. The second kappa shape index (κ2) is 10.1. The molecule has 2 aliphatic carbocycles. The maximum atomic E-state index is 14.8. The largest absolute Gasteiger partial charge is 0.332 e. The highest BCUT2D eigenvalue weighted by atomic mass is 19.1. The molecule has 6 heteroatoms. The van der Waals surface area contributed by atoms with E-state index in [-0.39, 0.29) is 24.2 Å². The summed E-state index contributed by atoms with van der Waals surface area (Å²) < 4.78 is 16.6. The summed E-state index contributed by atoms with van der Waals surface area (Å²) in [5.74, 6) is 1.48. The molecule has 2 fully saturated rings. The molecule has 0 spiro atoms. The third kappa shape index (κ3) is 4.83. The van der Waals surface area contributed by atoms with Gasteiger partial charge in [-0.2, -0.15) is 0 Å². The minimum absolute atomic E-state index is 0.0466. The predicted octanol–water partition coefficient (Wildman–Crippen LogP) is 7.15. The number of nitrogens with zero attached hydrogens (tertiary/aromatic N) is 1. The zero-order valence-corrected chi connectivity index (χ0v) is 21.5. The Balaban J connectivity index is 1.30. The number of nitrogens with one attached hydrogen (secondary N) is 2. The molecule has 1 aromatic heterocycles. The topological polar surface area (TPSA) is 63.1 Å². The second-order valence-corrected chi connectivity index (χ2v) is 10.9. The molecule has 4 aromatic rings.